The molecule has 0 aliphatic heterocycles. The fourth-order valence-corrected chi connectivity index (χ4v) is 1.33. The average Bonchev–Trinajstić information content (AvgIpc) is 2.12. The van der Waals surface area contributed by atoms with Gasteiger partial charge >= 0.3 is 5.97 Å². The molecule has 0 fully saturated rings. The number of carbonyl (C=O) groups is 1. The summed E-state index contributed by atoms with van der Waals surface area (Å²) in [5, 5.41) is 9.26. The summed E-state index contributed by atoms with van der Waals surface area (Å²) in [6.45, 7) is 0. The molecule has 0 aliphatic carbocycles. The molecule has 5 heteroatoms. The average molecular weight is 246 g/mol. The molecule has 0 heterocycles. The number of rotatable bonds is 1. The molecule has 0 saturated heterocycles. The maximum atomic E-state index is 11.0. The second-order valence-electron chi connectivity index (χ2n) is 2.39. The third-order valence-electron chi connectivity index (χ3n) is 1.51. The fraction of sp³-hybridized carbons (Fsp3) is 0.125. The molecule has 0 spiro atoms. The Hall–Kier alpha value is -1.23. The van der Waals surface area contributed by atoms with Gasteiger partial charge in [0.1, 0.15) is 0 Å². The number of hydrogen-bond acceptors (Lipinski definition) is 4. The molecule has 13 heavy (non-hydrogen) atoms. The number of carbonyl (C=O) groups excluding carboxylic acids is 1. The molecule has 0 saturated carbocycles. The molecule has 0 aliphatic rings. The maximum absolute atomic E-state index is 11.0. The number of esters is 1. The van der Waals surface area contributed by atoms with Gasteiger partial charge in [0, 0.05) is 0 Å². The molecule has 0 unspecified atom stereocenters. The second-order valence-corrected chi connectivity index (χ2v) is 3.24. The zero-order valence-electron chi connectivity index (χ0n) is 6.87. The van der Waals surface area contributed by atoms with Gasteiger partial charge in [-0.2, -0.15) is 0 Å². The molecular weight excluding hydrogens is 238 g/mol. The predicted molar refractivity (Wildman–Crippen MR) is 51.6 cm³/mol. The number of benzene rings is 1. The Morgan fingerprint density at radius 3 is 2.69 bits per heavy atom. The van der Waals surface area contributed by atoms with Crippen LogP contribution in [-0.2, 0) is 4.74 Å². The van der Waals surface area contributed by atoms with Crippen molar-refractivity contribution in [2.24, 2.45) is 0 Å². The minimum atomic E-state index is -0.493. The first kappa shape index (κ1) is 9.85. The second kappa shape index (κ2) is 3.66. The number of nitrogen functional groups attached to an aromatic ring is 1. The molecule has 70 valence electrons. The van der Waals surface area contributed by atoms with Crippen LogP contribution in [0.5, 0.6) is 5.75 Å². The van der Waals surface area contributed by atoms with Crippen LogP contribution in [0.3, 0.4) is 0 Å². The van der Waals surface area contributed by atoms with Gasteiger partial charge in [-0.25, -0.2) is 4.79 Å². The first-order valence-corrected chi connectivity index (χ1v) is 4.22. The van der Waals surface area contributed by atoms with Crippen molar-refractivity contribution in [3.05, 3.63) is 22.2 Å². The van der Waals surface area contributed by atoms with Gasteiger partial charge in [0.05, 0.1) is 22.8 Å². The van der Waals surface area contributed by atoms with Crippen LogP contribution in [0.25, 0.3) is 0 Å². The topological polar surface area (TPSA) is 72.5 Å². The van der Waals surface area contributed by atoms with E-state index in [0.29, 0.717) is 10.0 Å². The number of methoxy groups -OCH3 is 1. The molecule has 0 radical (unpaired) electrons. The molecule has 1 aromatic carbocycles. The molecule has 0 bridgehead atoms. The number of anilines is 1. The van der Waals surface area contributed by atoms with Crippen molar-refractivity contribution in [2.45, 2.75) is 0 Å². The van der Waals surface area contributed by atoms with Gasteiger partial charge in [0.15, 0.2) is 5.75 Å². The van der Waals surface area contributed by atoms with Gasteiger partial charge < -0.3 is 15.6 Å². The lowest BCUT2D eigenvalue weighted by Gasteiger charge is -2.04. The number of nitrogens with two attached hydrogens (primary N) is 1. The van der Waals surface area contributed by atoms with Crippen molar-refractivity contribution >= 4 is 27.6 Å². The predicted octanol–water partition coefficient (Wildman–Crippen LogP) is 1.52. The van der Waals surface area contributed by atoms with Crippen LogP contribution >= 0.6 is 15.9 Å². The lowest BCUT2D eigenvalue weighted by atomic mass is 10.2. The van der Waals surface area contributed by atoms with Crippen LogP contribution in [0.2, 0.25) is 0 Å². The van der Waals surface area contributed by atoms with E-state index in [4.69, 9.17) is 5.73 Å². The lowest BCUT2D eigenvalue weighted by Crippen LogP contribution is -2.02. The highest BCUT2D eigenvalue weighted by atomic mass is 79.9. The Bertz CT molecular complexity index is 328. The summed E-state index contributed by atoms with van der Waals surface area (Å²) in [4.78, 5) is 11.0. The van der Waals surface area contributed by atoms with Crippen LogP contribution in [0, 0.1) is 0 Å². The van der Waals surface area contributed by atoms with E-state index in [-0.39, 0.29) is 11.4 Å². The minimum Gasteiger partial charge on any atom is -0.505 e. The number of hydrogen-bond donors (Lipinski definition) is 2. The van der Waals surface area contributed by atoms with E-state index in [1.54, 1.807) is 0 Å². The van der Waals surface area contributed by atoms with E-state index >= 15 is 0 Å². The number of halogens is 1. The monoisotopic (exact) mass is 245 g/mol. The fourth-order valence-electron chi connectivity index (χ4n) is 0.856. The molecule has 4 nitrogen and oxygen atoms in total. The zero-order valence-corrected chi connectivity index (χ0v) is 8.46. The van der Waals surface area contributed by atoms with Gasteiger partial charge in [-0.1, -0.05) is 0 Å². The quantitative estimate of drug-likeness (QED) is 0.447. The van der Waals surface area contributed by atoms with E-state index in [1.165, 1.54) is 19.2 Å². The van der Waals surface area contributed by atoms with Crippen LogP contribution in [-0.4, -0.2) is 18.2 Å². The highest BCUT2D eigenvalue weighted by Gasteiger charge is 2.10. The number of ether oxygens (including phenoxy) is 1. The first-order valence-electron chi connectivity index (χ1n) is 3.42. The third kappa shape index (κ3) is 1.92. The van der Waals surface area contributed by atoms with Crippen molar-refractivity contribution in [2.75, 3.05) is 12.8 Å². The van der Waals surface area contributed by atoms with Crippen molar-refractivity contribution in [3.8, 4) is 5.75 Å². The van der Waals surface area contributed by atoms with E-state index in [2.05, 4.69) is 20.7 Å². The van der Waals surface area contributed by atoms with Gasteiger partial charge in [0.2, 0.25) is 0 Å². The van der Waals surface area contributed by atoms with E-state index in [9.17, 15) is 9.90 Å². The number of aromatic hydroxyl groups is 1. The summed E-state index contributed by atoms with van der Waals surface area (Å²) >= 11 is 3.06. The Morgan fingerprint density at radius 2 is 2.23 bits per heavy atom. The van der Waals surface area contributed by atoms with Gasteiger partial charge in [-0.3, -0.25) is 0 Å². The van der Waals surface area contributed by atoms with Crippen LogP contribution in [0.15, 0.2) is 16.6 Å². The summed E-state index contributed by atoms with van der Waals surface area (Å²) in [5.74, 6) is -0.569. The number of phenolic OH excluding ortho intramolecular Hbond substituents is 1. The highest BCUT2D eigenvalue weighted by Crippen LogP contribution is 2.31. The SMILES string of the molecule is COC(=O)c1cc(N)c(O)c(Br)c1. The highest BCUT2D eigenvalue weighted by molar-refractivity contribution is 9.10. The van der Waals surface area contributed by atoms with Crippen LogP contribution in [0.1, 0.15) is 10.4 Å². The van der Waals surface area contributed by atoms with E-state index < -0.39 is 5.97 Å². The Morgan fingerprint density at radius 1 is 1.62 bits per heavy atom. The van der Waals surface area contributed by atoms with Crippen molar-refractivity contribution in [1.29, 1.82) is 0 Å². The zero-order chi connectivity index (χ0) is 10.0. The summed E-state index contributed by atoms with van der Waals surface area (Å²) in [6, 6.07) is 2.80. The lowest BCUT2D eigenvalue weighted by molar-refractivity contribution is 0.0600. The van der Waals surface area contributed by atoms with Crippen molar-refractivity contribution in [1.82, 2.24) is 0 Å². The van der Waals surface area contributed by atoms with Crippen molar-refractivity contribution in [3.63, 3.8) is 0 Å². The van der Waals surface area contributed by atoms with E-state index in [1.807, 2.05) is 0 Å². The summed E-state index contributed by atoms with van der Waals surface area (Å²) in [6.07, 6.45) is 0. The normalized spacial score (nSPS) is 9.69. The van der Waals surface area contributed by atoms with Gasteiger partial charge in [-0.05, 0) is 28.1 Å². The standard InChI is InChI=1S/C8H8BrNO3/c1-13-8(12)4-2-5(9)7(11)6(10)3-4/h2-3,11H,10H2,1H3. The van der Waals surface area contributed by atoms with Crippen LogP contribution < -0.4 is 5.73 Å². The largest absolute Gasteiger partial charge is 0.505 e. The van der Waals surface area contributed by atoms with E-state index in [0.717, 1.165) is 0 Å². The summed E-state index contributed by atoms with van der Waals surface area (Å²) < 4.78 is 4.86. The molecule has 3 N–H and O–H groups in total. The number of phenols is 1. The minimum absolute atomic E-state index is 0.0762. The summed E-state index contributed by atoms with van der Waals surface area (Å²) in [7, 11) is 1.28. The maximum Gasteiger partial charge on any atom is 0.337 e. The third-order valence-corrected chi connectivity index (χ3v) is 2.12. The van der Waals surface area contributed by atoms with Gasteiger partial charge in [-0.15, -0.1) is 0 Å². The van der Waals surface area contributed by atoms with Crippen LogP contribution in [0.4, 0.5) is 5.69 Å². The smallest absolute Gasteiger partial charge is 0.337 e. The molecular formula is C8H8BrNO3. The molecule has 0 aromatic heterocycles. The molecule has 0 amide bonds. The van der Waals surface area contributed by atoms with Gasteiger partial charge in [0.25, 0.3) is 0 Å². The summed E-state index contributed by atoms with van der Waals surface area (Å²) in [5.41, 5.74) is 5.86. The first-order chi connectivity index (χ1) is 6.06. The molecule has 1 rings (SSSR count). The van der Waals surface area contributed by atoms with Crippen molar-refractivity contribution < 1.29 is 14.6 Å². The molecule has 1 aromatic rings. The molecule has 0 atom stereocenters. The Labute approximate surface area is 83.4 Å². The Kier molecular flexibility index (Phi) is 2.77. The Balaban J connectivity index is 3.20.